The minimum Gasteiger partial charge on any atom is -0.466 e. The van der Waals surface area contributed by atoms with Crippen LogP contribution in [0, 0.1) is 5.82 Å². The highest BCUT2D eigenvalue weighted by atomic mass is 32.2. The van der Waals surface area contributed by atoms with Crippen molar-refractivity contribution in [2.75, 3.05) is 26.5 Å². The Bertz CT molecular complexity index is 597. The molecule has 0 fully saturated rings. The van der Waals surface area contributed by atoms with E-state index in [0.29, 0.717) is 19.6 Å². The second-order valence-corrected chi connectivity index (χ2v) is 7.03. The number of benzene rings is 1. The highest BCUT2D eigenvalue weighted by Gasteiger charge is 2.05. The summed E-state index contributed by atoms with van der Waals surface area (Å²) in [7, 11) is 1.74. The maximum atomic E-state index is 13.4. The molecule has 1 rings (SSSR count). The molecule has 7 heteroatoms. The van der Waals surface area contributed by atoms with Crippen molar-refractivity contribution in [2.45, 2.75) is 51.3 Å². The quantitative estimate of drug-likeness (QED) is 0.243. The molecule has 0 amide bonds. The first-order chi connectivity index (χ1) is 13.1. The van der Waals surface area contributed by atoms with Gasteiger partial charge in [-0.05, 0) is 49.3 Å². The molecule has 0 aliphatic heterocycles. The molecule has 0 saturated carbocycles. The van der Waals surface area contributed by atoms with Crippen molar-refractivity contribution in [2.24, 2.45) is 4.99 Å². The van der Waals surface area contributed by atoms with E-state index in [1.165, 1.54) is 6.07 Å². The zero-order chi connectivity index (χ0) is 19.9. The van der Waals surface area contributed by atoms with Crippen LogP contribution in [0.2, 0.25) is 0 Å². The van der Waals surface area contributed by atoms with E-state index >= 15 is 0 Å². The van der Waals surface area contributed by atoms with E-state index in [1.54, 1.807) is 24.9 Å². The zero-order valence-electron chi connectivity index (χ0n) is 16.6. The van der Waals surface area contributed by atoms with Gasteiger partial charge in [-0.3, -0.25) is 9.79 Å². The van der Waals surface area contributed by atoms with Crippen molar-refractivity contribution in [1.82, 2.24) is 10.6 Å². The largest absolute Gasteiger partial charge is 0.466 e. The van der Waals surface area contributed by atoms with Crippen LogP contribution in [0.4, 0.5) is 4.39 Å². The number of nitrogens with zero attached hydrogens (tertiary/aromatic N) is 1. The fourth-order valence-corrected chi connectivity index (χ4v) is 3.22. The number of carbonyl (C=O) groups is 1. The van der Waals surface area contributed by atoms with Crippen LogP contribution < -0.4 is 10.6 Å². The van der Waals surface area contributed by atoms with Gasteiger partial charge in [-0.25, -0.2) is 4.39 Å². The number of aliphatic imine (C=N–C) groups is 1. The fraction of sp³-hybridized carbons (Fsp3) is 0.600. The monoisotopic (exact) mass is 397 g/mol. The number of unbranched alkanes of at least 4 members (excludes halogenated alkanes) is 3. The molecule has 0 atom stereocenters. The van der Waals surface area contributed by atoms with Gasteiger partial charge in [0, 0.05) is 32.3 Å². The predicted molar refractivity (Wildman–Crippen MR) is 112 cm³/mol. The van der Waals surface area contributed by atoms with Gasteiger partial charge in [-0.2, -0.15) is 11.8 Å². The summed E-state index contributed by atoms with van der Waals surface area (Å²) >= 11 is 1.68. The van der Waals surface area contributed by atoms with Gasteiger partial charge in [0.25, 0.3) is 0 Å². The molecule has 2 N–H and O–H groups in total. The van der Waals surface area contributed by atoms with Gasteiger partial charge in [-0.1, -0.05) is 18.9 Å². The lowest BCUT2D eigenvalue weighted by molar-refractivity contribution is -0.143. The second kappa shape index (κ2) is 14.3. The Kier molecular flexibility index (Phi) is 12.3. The molecule has 1 aromatic rings. The first-order valence-electron chi connectivity index (χ1n) is 9.47. The molecule has 0 spiro atoms. The average molecular weight is 398 g/mol. The number of nitrogens with one attached hydrogen (secondary N) is 2. The Hall–Kier alpha value is -1.76. The summed E-state index contributed by atoms with van der Waals surface area (Å²) in [5, 5.41) is 6.57. The van der Waals surface area contributed by atoms with Gasteiger partial charge in [0.05, 0.1) is 6.61 Å². The van der Waals surface area contributed by atoms with Gasteiger partial charge < -0.3 is 15.4 Å². The van der Waals surface area contributed by atoms with E-state index in [9.17, 15) is 9.18 Å². The molecule has 0 bridgehead atoms. The van der Waals surface area contributed by atoms with Crippen LogP contribution in [0.25, 0.3) is 0 Å². The maximum absolute atomic E-state index is 13.4. The first-order valence-corrected chi connectivity index (χ1v) is 10.9. The van der Waals surface area contributed by atoms with Crippen molar-refractivity contribution in [3.8, 4) is 0 Å². The first kappa shape index (κ1) is 23.3. The SMILES string of the molecule is CCOC(=O)CCCCCCNC(=NC)NCc1ccc(F)cc1CSC. The lowest BCUT2D eigenvalue weighted by Gasteiger charge is -2.14. The molecule has 0 radical (unpaired) electrons. The number of hydrogen-bond acceptors (Lipinski definition) is 4. The number of halogens is 1. The second-order valence-electron chi connectivity index (χ2n) is 6.17. The molecule has 0 unspecified atom stereocenters. The lowest BCUT2D eigenvalue weighted by Crippen LogP contribution is -2.37. The van der Waals surface area contributed by atoms with Crippen molar-refractivity contribution < 1.29 is 13.9 Å². The van der Waals surface area contributed by atoms with Crippen LogP contribution in [0.5, 0.6) is 0 Å². The van der Waals surface area contributed by atoms with Crippen LogP contribution in [-0.2, 0) is 21.8 Å². The number of rotatable bonds is 12. The van der Waals surface area contributed by atoms with Gasteiger partial charge in [-0.15, -0.1) is 0 Å². The van der Waals surface area contributed by atoms with E-state index in [0.717, 1.165) is 55.1 Å². The van der Waals surface area contributed by atoms with Crippen LogP contribution >= 0.6 is 11.8 Å². The molecule has 1 aromatic carbocycles. The van der Waals surface area contributed by atoms with E-state index in [4.69, 9.17) is 4.74 Å². The number of carbonyl (C=O) groups excluding carboxylic acids is 1. The van der Waals surface area contributed by atoms with Crippen LogP contribution in [0.1, 0.15) is 50.2 Å². The smallest absolute Gasteiger partial charge is 0.305 e. The summed E-state index contributed by atoms with van der Waals surface area (Å²) in [6, 6.07) is 4.91. The summed E-state index contributed by atoms with van der Waals surface area (Å²) in [6.07, 6.45) is 6.46. The summed E-state index contributed by atoms with van der Waals surface area (Å²) in [5.74, 6) is 1.21. The van der Waals surface area contributed by atoms with E-state index in [2.05, 4.69) is 15.6 Å². The minimum atomic E-state index is -0.201. The normalized spacial score (nSPS) is 11.3. The molecule has 152 valence electrons. The summed E-state index contributed by atoms with van der Waals surface area (Å²) in [5.41, 5.74) is 2.08. The molecular formula is C20H32FN3O2S. The number of guanidine groups is 1. The molecule has 0 aliphatic rings. The van der Waals surface area contributed by atoms with Crippen molar-refractivity contribution in [3.63, 3.8) is 0 Å². The number of thioether (sulfide) groups is 1. The Balaban J connectivity index is 2.25. The summed E-state index contributed by atoms with van der Waals surface area (Å²) < 4.78 is 18.3. The van der Waals surface area contributed by atoms with Gasteiger partial charge >= 0.3 is 5.97 Å². The van der Waals surface area contributed by atoms with E-state index in [1.807, 2.05) is 19.2 Å². The third-order valence-electron chi connectivity index (χ3n) is 4.04. The van der Waals surface area contributed by atoms with Crippen LogP contribution in [-0.4, -0.2) is 38.4 Å². The molecule has 27 heavy (non-hydrogen) atoms. The number of esters is 1. The van der Waals surface area contributed by atoms with Crippen LogP contribution in [0.15, 0.2) is 23.2 Å². The zero-order valence-corrected chi connectivity index (χ0v) is 17.5. The number of ether oxygens (including phenoxy) is 1. The lowest BCUT2D eigenvalue weighted by atomic mass is 10.1. The summed E-state index contributed by atoms with van der Waals surface area (Å²) in [4.78, 5) is 15.5. The highest BCUT2D eigenvalue weighted by Crippen LogP contribution is 2.16. The molecule has 5 nitrogen and oxygen atoms in total. The Morgan fingerprint density at radius 3 is 2.67 bits per heavy atom. The standard InChI is InChI=1S/C20H32FN3O2S/c1-4-26-19(25)9-7-5-6-8-12-23-20(22-2)24-14-16-10-11-18(21)13-17(16)15-27-3/h10-11,13H,4-9,12,14-15H2,1-3H3,(H2,22,23,24). The van der Waals surface area contributed by atoms with Crippen molar-refractivity contribution in [1.29, 1.82) is 0 Å². The molecule has 0 aliphatic carbocycles. The highest BCUT2D eigenvalue weighted by molar-refractivity contribution is 7.97. The minimum absolute atomic E-state index is 0.109. The Labute approximate surface area is 166 Å². The van der Waals surface area contributed by atoms with Crippen molar-refractivity contribution >= 4 is 23.7 Å². The molecule has 0 saturated heterocycles. The molecular weight excluding hydrogens is 365 g/mol. The third-order valence-corrected chi connectivity index (χ3v) is 4.64. The Morgan fingerprint density at radius 2 is 1.96 bits per heavy atom. The molecule has 0 heterocycles. The van der Waals surface area contributed by atoms with E-state index < -0.39 is 0 Å². The third kappa shape index (κ3) is 10.2. The van der Waals surface area contributed by atoms with Crippen LogP contribution in [0.3, 0.4) is 0 Å². The topological polar surface area (TPSA) is 62.7 Å². The average Bonchev–Trinajstić information content (AvgIpc) is 2.65. The predicted octanol–water partition coefficient (Wildman–Crippen LogP) is 3.87. The maximum Gasteiger partial charge on any atom is 0.305 e. The fourth-order valence-electron chi connectivity index (χ4n) is 2.64. The summed E-state index contributed by atoms with van der Waals surface area (Å²) in [6.45, 7) is 3.70. The molecule has 0 aromatic heterocycles. The number of hydrogen-bond donors (Lipinski definition) is 2. The van der Waals surface area contributed by atoms with E-state index in [-0.39, 0.29) is 11.8 Å². The van der Waals surface area contributed by atoms with Gasteiger partial charge in [0.1, 0.15) is 5.82 Å². The Morgan fingerprint density at radius 1 is 1.19 bits per heavy atom. The van der Waals surface area contributed by atoms with Crippen molar-refractivity contribution in [3.05, 3.63) is 35.1 Å². The van der Waals surface area contributed by atoms with Gasteiger partial charge in [0.15, 0.2) is 5.96 Å². The van der Waals surface area contributed by atoms with Gasteiger partial charge in [0.2, 0.25) is 0 Å².